The number of hydrogen-bond donors (Lipinski definition) is 2. The monoisotopic (exact) mass is 165 g/mol. The molecule has 0 aliphatic heterocycles. The highest BCUT2D eigenvalue weighted by atomic mass is 15.1. The molecule has 0 radical (unpaired) electrons. The maximum absolute atomic E-state index is 6.12. The van der Waals surface area contributed by atoms with E-state index in [0.717, 1.165) is 0 Å². The molecular weight excluding hydrogens is 150 g/mol. The summed E-state index contributed by atoms with van der Waals surface area (Å²) in [4.78, 5) is 0. The molecule has 3 heteroatoms. The topological polar surface area (TPSA) is 54.7 Å². The Hall–Kier alpha value is -0.830. The van der Waals surface area contributed by atoms with Crippen LogP contribution in [0.1, 0.15) is 32.4 Å². The quantitative estimate of drug-likeness (QED) is 0.691. The van der Waals surface area contributed by atoms with Crippen molar-refractivity contribution in [1.29, 1.82) is 0 Å². The van der Waals surface area contributed by atoms with E-state index in [2.05, 4.69) is 24.0 Å². The van der Waals surface area contributed by atoms with Crippen molar-refractivity contribution in [1.82, 2.24) is 10.2 Å². The molecule has 3 N–H and O–H groups in total. The highest BCUT2D eigenvalue weighted by Crippen LogP contribution is 2.53. The summed E-state index contributed by atoms with van der Waals surface area (Å²) in [6.45, 7) is 4.17. The summed E-state index contributed by atoms with van der Waals surface area (Å²) in [5.74, 6) is 0. The van der Waals surface area contributed by atoms with E-state index < -0.39 is 0 Å². The fraction of sp³-hybridized carbons (Fsp3) is 0.667. The molecule has 1 aliphatic rings. The number of rotatable bonds is 2. The minimum Gasteiger partial charge on any atom is -0.325 e. The molecule has 1 heterocycles. The van der Waals surface area contributed by atoms with Gasteiger partial charge in [0.1, 0.15) is 0 Å². The van der Waals surface area contributed by atoms with Crippen LogP contribution in [-0.4, -0.2) is 15.7 Å². The summed E-state index contributed by atoms with van der Waals surface area (Å²) < 4.78 is 0. The fourth-order valence-electron chi connectivity index (χ4n) is 1.91. The average Bonchev–Trinajstić information content (AvgIpc) is 2.61. The Labute approximate surface area is 72.4 Å². The van der Waals surface area contributed by atoms with Crippen LogP contribution in [0.3, 0.4) is 0 Å². The molecule has 1 saturated carbocycles. The van der Waals surface area contributed by atoms with Gasteiger partial charge in [0, 0.05) is 22.8 Å². The van der Waals surface area contributed by atoms with Crippen LogP contribution in [-0.2, 0) is 5.41 Å². The zero-order valence-electron chi connectivity index (χ0n) is 7.59. The minimum atomic E-state index is -0.139. The van der Waals surface area contributed by atoms with Crippen molar-refractivity contribution >= 4 is 0 Å². The number of aromatic amines is 1. The molecule has 0 atom stereocenters. The number of nitrogens with one attached hydrogen (secondary N) is 1. The van der Waals surface area contributed by atoms with E-state index in [0.29, 0.717) is 0 Å². The van der Waals surface area contributed by atoms with Gasteiger partial charge < -0.3 is 5.73 Å². The number of hydrogen-bond acceptors (Lipinski definition) is 2. The third-order valence-electron chi connectivity index (χ3n) is 3.00. The Morgan fingerprint density at radius 1 is 1.58 bits per heavy atom. The van der Waals surface area contributed by atoms with E-state index in [1.54, 1.807) is 6.20 Å². The predicted octanol–water partition coefficient (Wildman–Crippen LogP) is 1.18. The zero-order valence-corrected chi connectivity index (χ0v) is 7.59. The van der Waals surface area contributed by atoms with Crippen LogP contribution in [0.4, 0.5) is 0 Å². The third-order valence-corrected chi connectivity index (χ3v) is 3.00. The van der Waals surface area contributed by atoms with Crippen molar-refractivity contribution in [3.05, 3.63) is 18.0 Å². The summed E-state index contributed by atoms with van der Waals surface area (Å²) in [6, 6.07) is 2.03. The number of nitrogens with zero attached hydrogens (tertiary/aromatic N) is 1. The van der Waals surface area contributed by atoms with Gasteiger partial charge in [0.15, 0.2) is 0 Å². The van der Waals surface area contributed by atoms with Gasteiger partial charge in [-0.15, -0.1) is 0 Å². The normalized spacial score (nSPS) is 20.9. The first-order valence-corrected chi connectivity index (χ1v) is 4.35. The number of nitrogens with two attached hydrogens (primary N) is 1. The number of aromatic nitrogens is 2. The lowest BCUT2D eigenvalue weighted by molar-refractivity contribution is 0.383. The van der Waals surface area contributed by atoms with Gasteiger partial charge in [-0.25, -0.2) is 0 Å². The van der Waals surface area contributed by atoms with Gasteiger partial charge in [0.2, 0.25) is 0 Å². The highest BCUT2D eigenvalue weighted by molar-refractivity contribution is 5.29. The summed E-state index contributed by atoms with van der Waals surface area (Å²) in [5.41, 5.74) is 7.34. The van der Waals surface area contributed by atoms with E-state index in [1.165, 1.54) is 18.5 Å². The maximum atomic E-state index is 6.12. The molecule has 1 aliphatic carbocycles. The summed E-state index contributed by atoms with van der Waals surface area (Å²) >= 11 is 0. The van der Waals surface area contributed by atoms with E-state index in [-0.39, 0.29) is 11.0 Å². The molecule has 0 amide bonds. The average molecular weight is 165 g/mol. The molecule has 0 unspecified atom stereocenters. The largest absolute Gasteiger partial charge is 0.325 e. The second kappa shape index (κ2) is 2.10. The third kappa shape index (κ3) is 0.894. The Morgan fingerprint density at radius 3 is 2.58 bits per heavy atom. The molecule has 0 saturated heterocycles. The Morgan fingerprint density at radius 2 is 2.25 bits per heavy atom. The minimum absolute atomic E-state index is 0.139. The highest BCUT2D eigenvalue weighted by Gasteiger charge is 2.54. The Balaban J connectivity index is 2.35. The van der Waals surface area contributed by atoms with Crippen molar-refractivity contribution < 1.29 is 0 Å². The molecule has 1 aromatic heterocycles. The van der Waals surface area contributed by atoms with Crippen LogP contribution in [0.15, 0.2) is 12.3 Å². The first-order chi connectivity index (χ1) is 5.56. The first-order valence-electron chi connectivity index (χ1n) is 4.35. The van der Waals surface area contributed by atoms with Gasteiger partial charge in [0.05, 0.1) is 0 Å². The second-order valence-corrected chi connectivity index (χ2v) is 4.27. The molecule has 1 aromatic rings. The van der Waals surface area contributed by atoms with Crippen LogP contribution in [0.25, 0.3) is 0 Å². The van der Waals surface area contributed by atoms with Crippen molar-refractivity contribution in [2.24, 2.45) is 5.73 Å². The van der Waals surface area contributed by atoms with Crippen molar-refractivity contribution in [3.63, 3.8) is 0 Å². The van der Waals surface area contributed by atoms with Crippen molar-refractivity contribution in [3.8, 4) is 0 Å². The smallest absolute Gasteiger partial charge is 0.0490 e. The lowest BCUT2D eigenvalue weighted by Gasteiger charge is -2.29. The van der Waals surface area contributed by atoms with E-state index in [9.17, 15) is 0 Å². The SMILES string of the molecule is CC(C)(N)C1(c2ccn[nH]2)CC1. The number of H-pyrrole nitrogens is 1. The van der Waals surface area contributed by atoms with Gasteiger partial charge in [0.25, 0.3) is 0 Å². The van der Waals surface area contributed by atoms with Crippen LogP contribution in [0, 0.1) is 0 Å². The van der Waals surface area contributed by atoms with Gasteiger partial charge in [-0.3, -0.25) is 5.10 Å². The molecule has 2 rings (SSSR count). The van der Waals surface area contributed by atoms with Crippen molar-refractivity contribution in [2.75, 3.05) is 0 Å². The predicted molar refractivity (Wildman–Crippen MR) is 47.8 cm³/mol. The molecule has 12 heavy (non-hydrogen) atoms. The van der Waals surface area contributed by atoms with E-state index in [1.807, 2.05) is 6.07 Å². The van der Waals surface area contributed by atoms with Crippen LogP contribution < -0.4 is 5.73 Å². The standard InChI is InChI=1S/C9H15N3/c1-8(2,10)9(4-5-9)7-3-6-11-12-7/h3,6H,4-5,10H2,1-2H3,(H,11,12). The van der Waals surface area contributed by atoms with Crippen LogP contribution in [0.5, 0.6) is 0 Å². The molecule has 0 aromatic carbocycles. The Bertz CT molecular complexity index is 264. The van der Waals surface area contributed by atoms with Gasteiger partial charge in [-0.2, -0.15) is 5.10 Å². The summed E-state index contributed by atoms with van der Waals surface area (Å²) in [7, 11) is 0. The summed E-state index contributed by atoms with van der Waals surface area (Å²) in [6.07, 6.45) is 4.15. The van der Waals surface area contributed by atoms with E-state index >= 15 is 0 Å². The molecule has 1 fully saturated rings. The second-order valence-electron chi connectivity index (χ2n) is 4.27. The molecule has 0 spiro atoms. The zero-order chi connectivity index (χ0) is 8.82. The molecule has 66 valence electrons. The van der Waals surface area contributed by atoms with E-state index in [4.69, 9.17) is 5.73 Å². The molecule has 3 nitrogen and oxygen atoms in total. The van der Waals surface area contributed by atoms with Gasteiger partial charge >= 0.3 is 0 Å². The van der Waals surface area contributed by atoms with Crippen molar-refractivity contribution in [2.45, 2.75) is 37.6 Å². The van der Waals surface area contributed by atoms with Gasteiger partial charge in [-0.05, 0) is 32.8 Å². The molecular formula is C9H15N3. The Kier molecular flexibility index (Phi) is 1.37. The van der Waals surface area contributed by atoms with Crippen LogP contribution in [0.2, 0.25) is 0 Å². The first kappa shape index (κ1) is 7.80. The lowest BCUT2D eigenvalue weighted by Crippen LogP contribution is -2.45. The summed E-state index contributed by atoms with van der Waals surface area (Å²) in [5, 5.41) is 6.98. The fourth-order valence-corrected chi connectivity index (χ4v) is 1.91. The maximum Gasteiger partial charge on any atom is 0.0490 e. The lowest BCUT2D eigenvalue weighted by atomic mass is 9.82. The van der Waals surface area contributed by atoms with Gasteiger partial charge in [-0.1, -0.05) is 0 Å². The van der Waals surface area contributed by atoms with Crippen LogP contribution >= 0.6 is 0 Å². The molecule has 0 bridgehead atoms.